The minimum atomic E-state index is -0.332. The second kappa shape index (κ2) is 3.90. The van der Waals surface area contributed by atoms with Gasteiger partial charge in [0, 0.05) is 0 Å². The van der Waals surface area contributed by atoms with E-state index in [0.717, 1.165) is 0 Å². The number of H-pyrrole nitrogens is 1. The van der Waals surface area contributed by atoms with Gasteiger partial charge in [-0.05, 0) is 30.5 Å². The van der Waals surface area contributed by atoms with E-state index in [0.29, 0.717) is 10.8 Å². The molecule has 1 aromatic carbocycles. The molecule has 0 fully saturated rings. The fraction of sp³-hybridized carbons (Fsp3) is 0.111. The molecule has 2 aromatic rings. The number of rotatable bonds is 2. The molecular weight excluding hydrogens is 217 g/mol. The third-order valence-corrected chi connectivity index (χ3v) is 2.55. The molecule has 0 unspecified atom stereocenters. The molecule has 4 nitrogen and oxygen atoms in total. The Labute approximate surface area is 89.1 Å². The first kappa shape index (κ1) is 9.97. The Balaban J connectivity index is 2.57. The van der Waals surface area contributed by atoms with Crippen molar-refractivity contribution in [2.24, 2.45) is 0 Å². The molecule has 2 rings (SSSR count). The molecule has 1 N–H and O–H groups in total. The van der Waals surface area contributed by atoms with Crippen LogP contribution in [0.25, 0.3) is 5.69 Å². The van der Waals surface area contributed by atoms with Crippen LogP contribution in [0.2, 0.25) is 0 Å². The minimum Gasteiger partial charge on any atom is -0.246 e. The number of hydrogen-bond acceptors (Lipinski definition) is 3. The van der Waals surface area contributed by atoms with Gasteiger partial charge in [0.05, 0.1) is 5.69 Å². The summed E-state index contributed by atoms with van der Waals surface area (Å²) in [6, 6.07) is 5.68. The normalized spacial score (nSPS) is 10.5. The van der Waals surface area contributed by atoms with Crippen LogP contribution >= 0.6 is 11.8 Å². The lowest BCUT2D eigenvalue weighted by atomic mass is 10.3. The Morgan fingerprint density at radius 2 is 2.07 bits per heavy atom. The Hall–Kier alpha value is -1.56. The molecule has 0 aliphatic heterocycles. The van der Waals surface area contributed by atoms with Crippen molar-refractivity contribution in [3.05, 3.63) is 40.6 Å². The lowest BCUT2D eigenvalue weighted by molar-refractivity contribution is 0.627. The van der Waals surface area contributed by atoms with Crippen LogP contribution in [0.15, 0.2) is 34.2 Å². The van der Waals surface area contributed by atoms with Crippen LogP contribution in [0.1, 0.15) is 0 Å². The van der Waals surface area contributed by atoms with E-state index in [9.17, 15) is 9.18 Å². The summed E-state index contributed by atoms with van der Waals surface area (Å²) in [7, 11) is 0. The van der Waals surface area contributed by atoms with E-state index in [1.807, 2.05) is 6.26 Å². The maximum atomic E-state index is 12.7. The highest BCUT2D eigenvalue weighted by Gasteiger charge is 2.08. The third kappa shape index (κ3) is 1.80. The maximum absolute atomic E-state index is 12.7. The second-order valence-electron chi connectivity index (χ2n) is 2.83. The summed E-state index contributed by atoms with van der Waals surface area (Å²) >= 11 is 1.34. The summed E-state index contributed by atoms with van der Waals surface area (Å²) in [4.78, 5) is 11.4. The van der Waals surface area contributed by atoms with Gasteiger partial charge in [-0.25, -0.2) is 18.9 Å². The van der Waals surface area contributed by atoms with E-state index in [-0.39, 0.29) is 11.5 Å². The summed E-state index contributed by atoms with van der Waals surface area (Å²) in [5, 5.41) is 6.72. The molecule has 0 radical (unpaired) electrons. The molecule has 0 saturated carbocycles. The number of nitrogens with zero attached hydrogens (tertiary/aromatic N) is 2. The summed E-state index contributed by atoms with van der Waals surface area (Å²) in [5.74, 6) is -0.332. The van der Waals surface area contributed by atoms with Gasteiger partial charge in [-0.15, -0.1) is 5.10 Å². The Kier molecular flexibility index (Phi) is 2.59. The first-order valence-electron chi connectivity index (χ1n) is 4.19. The smallest absolute Gasteiger partial charge is 0.246 e. The number of aromatic amines is 1. The molecule has 0 aliphatic carbocycles. The van der Waals surface area contributed by atoms with Crippen molar-refractivity contribution < 1.29 is 4.39 Å². The van der Waals surface area contributed by atoms with Crippen LogP contribution in [-0.2, 0) is 0 Å². The van der Waals surface area contributed by atoms with Gasteiger partial charge in [0.15, 0.2) is 5.16 Å². The highest BCUT2D eigenvalue weighted by molar-refractivity contribution is 7.98. The lowest BCUT2D eigenvalue weighted by Crippen LogP contribution is -2.15. The monoisotopic (exact) mass is 225 g/mol. The van der Waals surface area contributed by atoms with Crippen molar-refractivity contribution in [1.82, 2.24) is 14.8 Å². The summed E-state index contributed by atoms with van der Waals surface area (Å²) in [6.07, 6.45) is 1.82. The molecule has 0 bridgehead atoms. The zero-order valence-corrected chi connectivity index (χ0v) is 8.71. The van der Waals surface area contributed by atoms with E-state index in [1.165, 1.54) is 40.6 Å². The predicted octanol–water partition coefficient (Wildman–Crippen LogP) is 1.42. The van der Waals surface area contributed by atoms with E-state index in [4.69, 9.17) is 0 Å². The van der Waals surface area contributed by atoms with Crippen molar-refractivity contribution in [3.8, 4) is 5.69 Å². The van der Waals surface area contributed by atoms with Gasteiger partial charge in [-0.3, -0.25) is 0 Å². The van der Waals surface area contributed by atoms with Crippen LogP contribution in [0.5, 0.6) is 0 Å². The van der Waals surface area contributed by atoms with Gasteiger partial charge in [-0.2, -0.15) is 0 Å². The Bertz CT molecular complexity index is 517. The van der Waals surface area contributed by atoms with Gasteiger partial charge in [0.25, 0.3) is 0 Å². The first-order valence-corrected chi connectivity index (χ1v) is 5.42. The molecule has 0 amide bonds. The molecule has 1 heterocycles. The maximum Gasteiger partial charge on any atom is 0.348 e. The highest BCUT2D eigenvalue weighted by atomic mass is 32.2. The van der Waals surface area contributed by atoms with E-state index in [1.54, 1.807) is 0 Å². The molecule has 0 aliphatic rings. The summed E-state index contributed by atoms with van der Waals surface area (Å²) < 4.78 is 14.1. The fourth-order valence-electron chi connectivity index (χ4n) is 1.24. The molecule has 0 atom stereocenters. The first-order chi connectivity index (χ1) is 7.22. The van der Waals surface area contributed by atoms with E-state index in [2.05, 4.69) is 10.2 Å². The number of thioether (sulfide) groups is 1. The standard InChI is InChI=1S/C9H8FN3OS/c1-15-9-12-11-8(14)13(9)7-4-2-6(10)3-5-7/h2-5H,1H3,(H,11,14). The minimum absolute atomic E-state index is 0.328. The highest BCUT2D eigenvalue weighted by Crippen LogP contribution is 2.14. The largest absolute Gasteiger partial charge is 0.348 e. The van der Waals surface area contributed by atoms with Crippen LogP contribution in [-0.4, -0.2) is 21.0 Å². The molecule has 0 saturated heterocycles. The van der Waals surface area contributed by atoms with Crippen molar-refractivity contribution in [1.29, 1.82) is 0 Å². The van der Waals surface area contributed by atoms with Gasteiger partial charge in [-0.1, -0.05) is 11.8 Å². The van der Waals surface area contributed by atoms with Crippen molar-refractivity contribution >= 4 is 11.8 Å². The molecule has 78 valence electrons. The topological polar surface area (TPSA) is 50.7 Å². The molecule has 0 spiro atoms. The van der Waals surface area contributed by atoms with Crippen LogP contribution < -0.4 is 5.69 Å². The van der Waals surface area contributed by atoms with Crippen LogP contribution in [0.3, 0.4) is 0 Å². The zero-order chi connectivity index (χ0) is 10.8. The third-order valence-electron chi connectivity index (χ3n) is 1.91. The number of aromatic nitrogens is 3. The number of benzene rings is 1. The van der Waals surface area contributed by atoms with Crippen LogP contribution in [0.4, 0.5) is 4.39 Å². The quantitative estimate of drug-likeness (QED) is 0.786. The fourth-order valence-corrected chi connectivity index (χ4v) is 1.75. The van der Waals surface area contributed by atoms with Gasteiger partial charge >= 0.3 is 5.69 Å². The van der Waals surface area contributed by atoms with Crippen LogP contribution in [0, 0.1) is 5.82 Å². The SMILES string of the molecule is CSc1n[nH]c(=O)n1-c1ccc(F)cc1. The Morgan fingerprint density at radius 1 is 1.40 bits per heavy atom. The zero-order valence-electron chi connectivity index (χ0n) is 7.90. The molecule has 6 heteroatoms. The molecule has 1 aromatic heterocycles. The number of halogens is 1. The Morgan fingerprint density at radius 3 is 2.67 bits per heavy atom. The van der Waals surface area contributed by atoms with Gasteiger partial charge in [0.1, 0.15) is 5.82 Å². The van der Waals surface area contributed by atoms with Gasteiger partial charge in [0.2, 0.25) is 0 Å². The summed E-state index contributed by atoms with van der Waals surface area (Å²) in [5.41, 5.74) is 0.269. The van der Waals surface area contributed by atoms with Crippen molar-refractivity contribution in [2.45, 2.75) is 5.16 Å². The number of hydrogen-bond donors (Lipinski definition) is 1. The molecular formula is C9H8FN3OS. The summed E-state index contributed by atoms with van der Waals surface area (Å²) in [6.45, 7) is 0. The lowest BCUT2D eigenvalue weighted by Gasteiger charge is -2.02. The van der Waals surface area contributed by atoms with Crippen molar-refractivity contribution in [2.75, 3.05) is 6.26 Å². The molecule has 15 heavy (non-hydrogen) atoms. The van der Waals surface area contributed by atoms with Gasteiger partial charge < -0.3 is 0 Å². The average molecular weight is 225 g/mol. The second-order valence-corrected chi connectivity index (χ2v) is 3.60. The van der Waals surface area contributed by atoms with Crippen molar-refractivity contribution in [3.63, 3.8) is 0 Å². The average Bonchev–Trinajstić information content (AvgIpc) is 2.61. The number of nitrogens with one attached hydrogen (secondary N) is 1. The van der Waals surface area contributed by atoms with E-state index >= 15 is 0 Å². The predicted molar refractivity (Wildman–Crippen MR) is 55.9 cm³/mol. The van der Waals surface area contributed by atoms with E-state index < -0.39 is 0 Å².